The molecule has 0 aromatic heterocycles. The Labute approximate surface area is 73.5 Å². The highest BCUT2D eigenvalue weighted by Crippen LogP contribution is 2.32. The number of hydrogen-bond donors (Lipinski definition) is 1. The molecule has 1 saturated carbocycles. The maximum atomic E-state index is 10.5. The number of carbonyl (C=O) groups is 1. The Bertz CT molecular complexity index is 168. The lowest BCUT2D eigenvalue weighted by atomic mass is 10.2. The lowest BCUT2D eigenvalue weighted by Crippen LogP contribution is -2.37. The van der Waals surface area contributed by atoms with Gasteiger partial charge in [0.1, 0.15) is 6.29 Å². The van der Waals surface area contributed by atoms with Gasteiger partial charge >= 0.3 is 0 Å². The van der Waals surface area contributed by atoms with E-state index in [9.17, 15) is 4.79 Å². The minimum Gasteiger partial charge on any atom is -0.361 e. The van der Waals surface area contributed by atoms with E-state index < -0.39 is 0 Å². The molecule has 0 aromatic carbocycles. The van der Waals surface area contributed by atoms with Crippen LogP contribution in [-0.2, 0) is 9.53 Å². The maximum absolute atomic E-state index is 10.5. The minimum absolute atomic E-state index is 0.133. The number of rotatable bonds is 4. The van der Waals surface area contributed by atoms with Gasteiger partial charge in [-0.25, -0.2) is 0 Å². The van der Waals surface area contributed by atoms with E-state index in [-0.39, 0.29) is 11.1 Å². The molecule has 1 fully saturated rings. The Morgan fingerprint density at radius 1 is 1.50 bits per heavy atom. The van der Waals surface area contributed by atoms with Crippen molar-refractivity contribution < 1.29 is 9.53 Å². The van der Waals surface area contributed by atoms with Crippen LogP contribution in [0.3, 0.4) is 0 Å². The molecule has 0 spiro atoms. The molecule has 1 aliphatic carbocycles. The van der Waals surface area contributed by atoms with Crippen molar-refractivity contribution in [1.82, 2.24) is 5.32 Å². The van der Waals surface area contributed by atoms with Crippen LogP contribution in [0.2, 0.25) is 0 Å². The maximum Gasteiger partial charge on any atom is 0.140 e. The predicted octanol–water partition coefficient (Wildman–Crippen LogP) is 1.08. The van der Waals surface area contributed by atoms with Crippen LogP contribution in [0.4, 0.5) is 0 Å². The van der Waals surface area contributed by atoms with E-state index in [0.29, 0.717) is 6.73 Å². The summed E-state index contributed by atoms with van der Waals surface area (Å²) in [6.07, 6.45) is 2.88. The van der Waals surface area contributed by atoms with Gasteiger partial charge in [0.15, 0.2) is 0 Å². The van der Waals surface area contributed by atoms with E-state index >= 15 is 0 Å². The third-order valence-electron chi connectivity index (χ3n) is 1.94. The fourth-order valence-corrected chi connectivity index (χ4v) is 0.867. The molecule has 0 atom stereocenters. The van der Waals surface area contributed by atoms with Crippen molar-refractivity contribution in [3.63, 3.8) is 0 Å². The van der Waals surface area contributed by atoms with Crippen molar-refractivity contribution in [2.24, 2.45) is 0 Å². The molecule has 0 aromatic rings. The summed E-state index contributed by atoms with van der Waals surface area (Å²) in [6.45, 7) is 6.45. The molecule has 0 unspecified atom stereocenters. The summed E-state index contributed by atoms with van der Waals surface area (Å²) in [6, 6.07) is 0. The molecule has 1 N–H and O–H groups in total. The molecule has 1 aliphatic rings. The first kappa shape index (κ1) is 9.68. The summed E-state index contributed by atoms with van der Waals surface area (Å²) >= 11 is 0. The van der Waals surface area contributed by atoms with Gasteiger partial charge in [0.2, 0.25) is 0 Å². The third-order valence-corrected chi connectivity index (χ3v) is 1.94. The van der Waals surface area contributed by atoms with Gasteiger partial charge in [0.05, 0.1) is 17.9 Å². The molecule has 0 radical (unpaired) electrons. The molecule has 3 nitrogen and oxygen atoms in total. The van der Waals surface area contributed by atoms with Crippen LogP contribution in [0.15, 0.2) is 0 Å². The zero-order chi connectivity index (χ0) is 9.24. The van der Waals surface area contributed by atoms with Crippen molar-refractivity contribution in [3.8, 4) is 0 Å². The molecule has 70 valence electrons. The van der Waals surface area contributed by atoms with Gasteiger partial charge in [-0.05, 0) is 33.6 Å². The van der Waals surface area contributed by atoms with Gasteiger partial charge in [0.25, 0.3) is 0 Å². The van der Waals surface area contributed by atoms with Gasteiger partial charge in [-0.2, -0.15) is 0 Å². The van der Waals surface area contributed by atoms with Crippen LogP contribution in [0.5, 0.6) is 0 Å². The topological polar surface area (TPSA) is 38.3 Å². The molecular weight excluding hydrogens is 154 g/mol. The van der Waals surface area contributed by atoms with Crippen LogP contribution < -0.4 is 5.32 Å². The second kappa shape index (κ2) is 3.15. The molecule has 12 heavy (non-hydrogen) atoms. The summed E-state index contributed by atoms with van der Waals surface area (Å²) < 4.78 is 5.44. The van der Waals surface area contributed by atoms with Gasteiger partial charge in [-0.1, -0.05) is 0 Å². The van der Waals surface area contributed by atoms with Crippen LogP contribution in [0, 0.1) is 0 Å². The van der Waals surface area contributed by atoms with Gasteiger partial charge in [-0.15, -0.1) is 0 Å². The molecule has 0 saturated heterocycles. The van der Waals surface area contributed by atoms with Crippen molar-refractivity contribution in [1.29, 1.82) is 0 Å². The third kappa shape index (κ3) is 2.91. The molecule has 0 bridgehead atoms. The van der Waals surface area contributed by atoms with Crippen LogP contribution in [0.25, 0.3) is 0 Å². The van der Waals surface area contributed by atoms with E-state index in [1.165, 1.54) is 0 Å². The molecular formula is C9H17NO2. The number of aldehydes is 1. The average molecular weight is 171 g/mol. The first-order valence-electron chi connectivity index (χ1n) is 4.33. The Morgan fingerprint density at radius 2 is 2.08 bits per heavy atom. The Kier molecular flexibility index (Phi) is 2.54. The average Bonchev–Trinajstić information content (AvgIpc) is 2.67. The first-order chi connectivity index (χ1) is 5.47. The molecule has 0 heterocycles. The van der Waals surface area contributed by atoms with E-state index in [4.69, 9.17) is 4.74 Å². The van der Waals surface area contributed by atoms with Crippen LogP contribution in [0.1, 0.15) is 33.6 Å². The number of ether oxygens (including phenoxy) is 1. The van der Waals surface area contributed by atoms with Crippen LogP contribution in [-0.4, -0.2) is 24.2 Å². The van der Waals surface area contributed by atoms with Gasteiger partial charge in [0, 0.05) is 0 Å². The van der Waals surface area contributed by atoms with Gasteiger partial charge in [-0.3, -0.25) is 5.32 Å². The van der Waals surface area contributed by atoms with E-state index in [1.807, 2.05) is 20.8 Å². The zero-order valence-corrected chi connectivity index (χ0v) is 8.02. The summed E-state index contributed by atoms with van der Waals surface area (Å²) in [4.78, 5) is 10.5. The summed E-state index contributed by atoms with van der Waals surface area (Å²) in [7, 11) is 0. The number of hydrogen-bond acceptors (Lipinski definition) is 3. The SMILES string of the molecule is CC(C)(C)OCNC1(C=O)CC1. The smallest absolute Gasteiger partial charge is 0.140 e. The Hall–Kier alpha value is -0.410. The summed E-state index contributed by atoms with van der Waals surface area (Å²) in [5.41, 5.74) is -0.378. The monoisotopic (exact) mass is 171 g/mol. The highest BCUT2D eigenvalue weighted by atomic mass is 16.5. The normalized spacial score (nSPS) is 20.6. The highest BCUT2D eigenvalue weighted by molar-refractivity contribution is 5.68. The van der Waals surface area contributed by atoms with Crippen molar-refractivity contribution in [3.05, 3.63) is 0 Å². The fraction of sp³-hybridized carbons (Fsp3) is 0.889. The lowest BCUT2D eigenvalue weighted by Gasteiger charge is -2.21. The second-order valence-corrected chi connectivity index (χ2v) is 4.35. The van der Waals surface area contributed by atoms with Crippen molar-refractivity contribution >= 4 is 6.29 Å². The molecule has 0 amide bonds. The highest BCUT2D eigenvalue weighted by Gasteiger charge is 2.42. The van der Waals surface area contributed by atoms with Gasteiger partial charge < -0.3 is 9.53 Å². The van der Waals surface area contributed by atoms with Crippen molar-refractivity contribution in [2.75, 3.05) is 6.73 Å². The summed E-state index contributed by atoms with van der Waals surface area (Å²) in [5.74, 6) is 0. The molecule has 0 aliphatic heterocycles. The molecule has 1 rings (SSSR count). The van der Waals surface area contributed by atoms with E-state index in [2.05, 4.69) is 5.32 Å². The molecule has 3 heteroatoms. The lowest BCUT2D eigenvalue weighted by molar-refractivity contribution is -0.111. The van der Waals surface area contributed by atoms with E-state index in [0.717, 1.165) is 19.1 Å². The van der Waals surface area contributed by atoms with Crippen molar-refractivity contribution in [2.45, 2.75) is 44.8 Å². The second-order valence-electron chi connectivity index (χ2n) is 4.35. The Morgan fingerprint density at radius 3 is 2.42 bits per heavy atom. The fourth-order valence-electron chi connectivity index (χ4n) is 0.867. The van der Waals surface area contributed by atoms with Crippen LogP contribution >= 0.6 is 0 Å². The minimum atomic E-state index is -0.245. The summed E-state index contributed by atoms with van der Waals surface area (Å²) in [5, 5.41) is 3.09. The predicted molar refractivity (Wildman–Crippen MR) is 46.9 cm³/mol. The first-order valence-corrected chi connectivity index (χ1v) is 4.33. The standard InChI is InChI=1S/C9H17NO2/c1-8(2,3)12-7-10-9(6-11)4-5-9/h6,10H,4-5,7H2,1-3H3. The number of nitrogens with one attached hydrogen (secondary N) is 1. The number of carbonyl (C=O) groups excluding carboxylic acids is 1. The van der Waals surface area contributed by atoms with E-state index in [1.54, 1.807) is 0 Å². The zero-order valence-electron chi connectivity index (χ0n) is 8.02. The Balaban J connectivity index is 2.14. The largest absolute Gasteiger partial charge is 0.361 e. The quantitative estimate of drug-likeness (QED) is 0.508.